The number of aryl methyl sites for hydroxylation is 3. The van der Waals surface area contributed by atoms with E-state index in [2.05, 4.69) is 24.3 Å². The van der Waals surface area contributed by atoms with Gasteiger partial charge in [0.2, 0.25) is 0 Å². The summed E-state index contributed by atoms with van der Waals surface area (Å²) in [4.78, 5) is 3.28. The largest absolute Gasteiger partial charge is 0.145 e. The van der Waals surface area contributed by atoms with E-state index < -0.39 is 0 Å². The summed E-state index contributed by atoms with van der Waals surface area (Å²) in [6, 6.07) is 2.45. The first-order chi connectivity index (χ1) is 6.40. The van der Waals surface area contributed by atoms with Gasteiger partial charge in [0.15, 0.2) is 0 Å². The van der Waals surface area contributed by atoms with Crippen LogP contribution in [0.25, 0.3) is 0 Å². The summed E-state index contributed by atoms with van der Waals surface area (Å²) in [6.45, 7) is 2.26. The molecule has 13 heavy (non-hydrogen) atoms. The zero-order valence-corrected chi connectivity index (χ0v) is 9.25. The van der Waals surface area contributed by atoms with Crippen LogP contribution in [-0.4, -0.2) is 0 Å². The summed E-state index contributed by atoms with van der Waals surface area (Å²) in [7, 11) is 0. The van der Waals surface area contributed by atoms with Crippen LogP contribution in [0.15, 0.2) is 6.07 Å². The Morgan fingerprint density at radius 1 is 1.15 bits per heavy atom. The molecule has 1 heterocycles. The van der Waals surface area contributed by atoms with Gasteiger partial charge in [-0.05, 0) is 43.7 Å². The lowest BCUT2D eigenvalue weighted by Crippen LogP contribution is -1.94. The van der Waals surface area contributed by atoms with Crippen molar-refractivity contribution in [1.29, 1.82) is 0 Å². The molecule has 0 amide bonds. The van der Waals surface area contributed by atoms with Crippen LogP contribution in [0, 0.1) is 0 Å². The first-order valence-corrected chi connectivity index (χ1v) is 6.32. The molecule has 0 saturated carbocycles. The summed E-state index contributed by atoms with van der Waals surface area (Å²) in [5.74, 6) is 0. The highest BCUT2D eigenvalue weighted by atomic mass is 32.1. The van der Waals surface area contributed by atoms with Crippen molar-refractivity contribution >= 4 is 11.3 Å². The maximum Gasteiger partial charge on any atom is 0.00801 e. The van der Waals surface area contributed by atoms with Gasteiger partial charge in [0.05, 0.1) is 0 Å². The van der Waals surface area contributed by atoms with Gasteiger partial charge in [-0.1, -0.05) is 19.8 Å². The third kappa shape index (κ3) is 2.14. The summed E-state index contributed by atoms with van der Waals surface area (Å²) in [5, 5.41) is 0. The molecule has 0 fully saturated rings. The fraction of sp³-hybridized carbons (Fsp3) is 0.667. The minimum absolute atomic E-state index is 1.22. The van der Waals surface area contributed by atoms with Gasteiger partial charge in [0.25, 0.3) is 0 Å². The van der Waals surface area contributed by atoms with E-state index in [1.165, 1.54) is 44.9 Å². The van der Waals surface area contributed by atoms with Crippen molar-refractivity contribution in [3.8, 4) is 0 Å². The molecule has 1 aromatic rings. The van der Waals surface area contributed by atoms with E-state index in [9.17, 15) is 0 Å². The van der Waals surface area contributed by atoms with E-state index >= 15 is 0 Å². The second-order valence-electron chi connectivity index (χ2n) is 3.93. The fourth-order valence-corrected chi connectivity index (χ4v) is 3.28. The Balaban J connectivity index is 2.21. The lowest BCUT2D eigenvalue weighted by atomic mass is 10.00. The molecule has 1 aromatic heterocycles. The second-order valence-corrected chi connectivity index (χ2v) is 5.15. The van der Waals surface area contributed by atoms with Crippen LogP contribution in [0.1, 0.15) is 47.9 Å². The molecule has 1 heteroatoms. The van der Waals surface area contributed by atoms with E-state index in [0.29, 0.717) is 0 Å². The molecule has 1 aliphatic rings. The number of rotatable bonds is 1. The summed E-state index contributed by atoms with van der Waals surface area (Å²) < 4.78 is 0. The molecule has 0 aromatic carbocycles. The average molecular weight is 194 g/mol. The van der Waals surface area contributed by atoms with E-state index in [4.69, 9.17) is 0 Å². The van der Waals surface area contributed by atoms with Crippen molar-refractivity contribution < 1.29 is 0 Å². The Kier molecular flexibility index (Phi) is 3.05. The van der Waals surface area contributed by atoms with E-state index in [0.717, 1.165) is 0 Å². The van der Waals surface area contributed by atoms with Gasteiger partial charge >= 0.3 is 0 Å². The van der Waals surface area contributed by atoms with Crippen LogP contribution in [-0.2, 0) is 19.3 Å². The molecule has 72 valence electrons. The highest BCUT2D eigenvalue weighted by Gasteiger charge is 2.10. The smallest absolute Gasteiger partial charge is 0.00801 e. The molecule has 0 aliphatic heterocycles. The van der Waals surface area contributed by atoms with Crippen LogP contribution >= 0.6 is 11.3 Å². The molecule has 0 unspecified atom stereocenters. The van der Waals surface area contributed by atoms with Gasteiger partial charge in [0.1, 0.15) is 0 Å². The van der Waals surface area contributed by atoms with Crippen molar-refractivity contribution in [2.75, 3.05) is 0 Å². The van der Waals surface area contributed by atoms with Crippen molar-refractivity contribution in [3.63, 3.8) is 0 Å². The number of fused-ring (bicyclic) bond motifs is 1. The van der Waals surface area contributed by atoms with Gasteiger partial charge < -0.3 is 0 Å². The molecule has 0 nitrogen and oxygen atoms in total. The molecule has 0 spiro atoms. The fourth-order valence-electron chi connectivity index (χ4n) is 2.08. The maximum atomic E-state index is 2.45. The quantitative estimate of drug-likeness (QED) is 0.634. The minimum Gasteiger partial charge on any atom is -0.145 e. The van der Waals surface area contributed by atoms with Gasteiger partial charge in [-0.3, -0.25) is 0 Å². The Hall–Kier alpha value is -0.300. The van der Waals surface area contributed by atoms with Crippen LogP contribution in [0.3, 0.4) is 0 Å². The predicted molar refractivity (Wildman–Crippen MR) is 59.6 cm³/mol. The van der Waals surface area contributed by atoms with Crippen molar-refractivity contribution in [1.82, 2.24) is 0 Å². The standard InChI is InChI=1S/C12H18S/c1-2-11-9-10-7-5-3-4-6-8-12(10)13-11/h9H,2-8H2,1H3. The van der Waals surface area contributed by atoms with Gasteiger partial charge in [-0.2, -0.15) is 0 Å². The van der Waals surface area contributed by atoms with Crippen molar-refractivity contribution in [2.45, 2.75) is 51.9 Å². The maximum absolute atomic E-state index is 2.45. The van der Waals surface area contributed by atoms with E-state index in [1.807, 2.05) is 0 Å². The van der Waals surface area contributed by atoms with Crippen LogP contribution in [0.5, 0.6) is 0 Å². The predicted octanol–water partition coefficient (Wildman–Crippen LogP) is 3.97. The molecule has 0 radical (unpaired) electrons. The molecule has 2 rings (SSSR count). The third-order valence-corrected chi connectivity index (χ3v) is 4.28. The lowest BCUT2D eigenvalue weighted by Gasteiger charge is -2.07. The normalized spacial score (nSPS) is 17.6. The minimum atomic E-state index is 1.22. The molecule has 1 aliphatic carbocycles. The number of thiophene rings is 1. The highest BCUT2D eigenvalue weighted by molar-refractivity contribution is 7.12. The molecule has 0 N–H and O–H groups in total. The summed E-state index contributed by atoms with van der Waals surface area (Å²) in [5.41, 5.74) is 1.67. The van der Waals surface area contributed by atoms with E-state index in [-0.39, 0.29) is 0 Å². The zero-order valence-electron chi connectivity index (χ0n) is 8.44. The Morgan fingerprint density at radius 3 is 2.69 bits per heavy atom. The lowest BCUT2D eigenvalue weighted by molar-refractivity contribution is 0.622. The van der Waals surface area contributed by atoms with Gasteiger partial charge in [-0.15, -0.1) is 11.3 Å². The molecular formula is C12H18S. The zero-order chi connectivity index (χ0) is 9.10. The Bertz CT molecular complexity index is 247. The molecule has 0 bridgehead atoms. The molecular weight excluding hydrogens is 176 g/mol. The average Bonchev–Trinajstić information content (AvgIpc) is 2.47. The van der Waals surface area contributed by atoms with Gasteiger partial charge in [0, 0.05) is 9.75 Å². The van der Waals surface area contributed by atoms with Crippen LogP contribution in [0.2, 0.25) is 0 Å². The van der Waals surface area contributed by atoms with Crippen LogP contribution < -0.4 is 0 Å². The highest BCUT2D eigenvalue weighted by Crippen LogP contribution is 2.28. The first kappa shape index (κ1) is 9.26. The van der Waals surface area contributed by atoms with Crippen molar-refractivity contribution in [3.05, 3.63) is 21.4 Å². The monoisotopic (exact) mass is 194 g/mol. The molecule has 0 atom stereocenters. The summed E-state index contributed by atoms with van der Waals surface area (Å²) in [6.07, 6.45) is 9.61. The first-order valence-electron chi connectivity index (χ1n) is 5.50. The Labute approximate surface area is 85.0 Å². The number of hydrogen-bond acceptors (Lipinski definition) is 1. The molecule has 0 saturated heterocycles. The summed E-state index contributed by atoms with van der Waals surface area (Å²) >= 11 is 2.06. The second kappa shape index (κ2) is 4.28. The van der Waals surface area contributed by atoms with Crippen molar-refractivity contribution in [2.24, 2.45) is 0 Å². The topological polar surface area (TPSA) is 0 Å². The Morgan fingerprint density at radius 2 is 1.92 bits per heavy atom. The van der Waals surface area contributed by atoms with Crippen LogP contribution in [0.4, 0.5) is 0 Å². The third-order valence-electron chi connectivity index (χ3n) is 2.90. The van der Waals surface area contributed by atoms with E-state index in [1.54, 1.807) is 15.3 Å². The number of hydrogen-bond donors (Lipinski definition) is 0. The SMILES string of the molecule is CCc1cc2c(s1)CCCCCC2. The van der Waals surface area contributed by atoms with Gasteiger partial charge in [-0.25, -0.2) is 0 Å².